The zero-order valence-electron chi connectivity index (χ0n) is 10.2. The van der Waals surface area contributed by atoms with Gasteiger partial charge in [0.1, 0.15) is 12.4 Å². The van der Waals surface area contributed by atoms with E-state index in [9.17, 15) is 13.2 Å². The maximum atomic E-state index is 12.6. The van der Waals surface area contributed by atoms with Crippen molar-refractivity contribution in [3.05, 3.63) is 58.6 Å². The largest absolute Gasteiger partial charge is 0.487 e. The maximum Gasteiger partial charge on any atom is 0.416 e. The molecule has 2 N–H and O–H groups in total. The van der Waals surface area contributed by atoms with Crippen molar-refractivity contribution < 1.29 is 17.9 Å². The zero-order chi connectivity index (χ0) is 14.8. The number of nitrogens with two attached hydrogens (primary N) is 1. The molecule has 0 fully saturated rings. The van der Waals surface area contributed by atoms with Crippen molar-refractivity contribution in [1.29, 1.82) is 0 Å². The molecule has 0 radical (unpaired) electrons. The second kappa shape index (κ2) is 5.63. The van der Waals surface area contributed by atoms with Crippen molar-refractivity contribution in [3.63, 3.8) is 0 Å². The molecule has 0 atom stereocenters. The fourth-order valence-corrected chi connectivity index (χ4v) is 1.79. The van der Waals surface area contributed by atoms with E-state index in [2.05, 4.69) is 0 Å². The monoisotopic (exact) mass is 301 g/mol. The van der Waals surface area contributed by atoms with Crippen LogP contribution in [0, 0.1) is 0 Å². The van der Waals surface area contributed by atoms with Gasteiger partial charge < -0.3 is 10.5 Å². The highest BCUT2D eigenvalue weighted by Crippen LogP contribution is 2.30. The quantitative estimate of drug-likeness (QED) is 0.846. The molecule has 0 aliphatic carbocycles. The summed E-state index contributed by atoms with van der Waals surface area (Å²) in [5, 5.41) is 0.443. The summed E-state index contributed by atoms with van der Waals surface area (Å²) >= 11 is 5.80. The molecule has 0 amide bonds. The molecular formula is C14H11ClF3NO. The molecule has 0 aromatic heterocycles. The van der Waals surface area contributed by atoms with Gasteiger partial charge in [0.15, 0.2) is 0 Å². The Balaban J connectivity index is 2.13. The average Bonchev–Trinajstić information content (AvgIpc) is 2.39. The maximum absolute atomic E-state index is 12.6. The summed E-state index contributed by atoms with van der Waals surface area (Å²) in [6, 6.07) is 9.64. The third kappa shape index (κ3) is 3.57. The third-order valence-corrected chi connectivity index (χ3v) is 2.86. The van der Waals surface area contributed by atoms with E-state index < -0.39 is 11.7 Å². The van der Waals surface area contributed by atoms with E-state index in [1.807, 2.05) is 0 Å². The fourth-order valence-electron chi connectivity index (χ4n) is 1.63. The molecule has 0 unspecified atom stereocenters. The molecule has 0 saturated carbocycles. The van der Waals surface area contributed by atoms with Gasteiger partial charge >= 0.3 is 6.18 Å². The third-order valence-electron chi connectivity index (χ3n) is 2.62. The summed E-state index contributed by atoms with van der Waals surface area (Å²) in [5.74, 6) is 0.343. The molecule has 2 rings (SSSR count). The molecule has 20 heavy (non-hydrogen) atoms. The van der Waals surface area contributed by atoms with Crippen LogP contribution in [-0.4, -0.2) is 0 Å². The first-order chi connectivity index (χ1) is 9.36. The smallest absolute Gasteiger partial charge is 0.416 e. The van der Waals surface area contributed by atoms with E-state index >= 15 is 0 Å². The number of hydrogen-bond acceptors (Lipinski definition) is 2. The van der Waals surface area contributed by atoms with Crippen molar-refractivity contribution in [2.45, 2.75) is 12.8 Å². The molecule has 0 spiro atoms. The second-order valence-electron chi connectivity index (χ2n) is 4.17. The zero-order valence-corrected chi connectivity index (χ0v) is 11.0. The molecule has 0 bridgehead atoms. The summed E-state index contributed by atoms with van der Waals surface area (Å²) in [5.41, 5.74) is 5.76. The number of alkyl halides is 3. The van der Waals surface area contributed by atoms with Crippen LogP contribution in [0.15, 0.2) is 42.5 Å². The van der Waals surface area contributed by atoms with Crippen LogP contribution >= 0.6 is 11.6 Å². The summed E-state index contributed by atoms with van der Waals surface area (Å²) in [6.07, 6.45) is -4.37. The van der Waals surface area contributed by atoms with Crippen molar-refractivity contribution in [2.24, 2.45) is 0 Å². The Morgan fingerprint density at radius 3 is 2.55 bits per heavy atom. The van der Waals surface area contributed by atoms with Crippen molar-refractivity contribution in [1.82, 2.24) is 0 Å². The van der Waals surface area contributed by atoms with E-state index in [1.165, 1.54) is 12.1 Å². The molecule has 0 aliphatic heterocycles. The molecule has 2 aromatic carbocycles. The molecule has 0 heterocycles. The van der Waals surface area contributed by atoms with Crippen LogP contribution < -0.4 is 10.5 Å². The number of hydrogen-bond donors (Lipinski definition) is 1. The Kier molecular flexibility index (Phi) is 4.09. The van der Waals surface area contributed by atoms with E-state index in [4.69, 9.17) is 22.1 Å². The Morgan fingerprint density at radius 1 is 1.10 bits per heavy atom. The first-order valence-electron chi connectivity index (χ1n) is 5.70. The van der Waals surface area contributed by atoms with Gasteiger partial charge in [0.05, 0.1) is 11.3 Å². The van der Waals surface area contributed by atoms with Crippen LogP contribution in [0.25, 0.3) is 0 Å². The predicted octanol–water partition coefficient (Wildman–Crippen LogP) is 4.52. The number of nitrogen functional groups attached to an aromatic ring is 1. The standard InChI is InChI=1S/C14H11ClF3NO/c15-11-4-5-12(19)13(7-11)20-8-9-2-1-3-10(6-9)14(16,17)18/h1-7H,8,19H2. The first kappa shape index (κ1) is 14.5. The number of halogens is 4. The number of rotatable bonds is 3. The lowest BCUT2D eigenvalue weighted by Gasteiger charge is -2.11. The van der Waals surface area contributed by atoms with Crippen LogP contribution in [0.2, 0.25) is 5.02 Å². The van der Waals surface area contributed by atoms with Crippen LogP contribution in [0.5, 0.6) is 5.75 Å². The van der Waals surface area contributed by atoms with Crippen LogP contribution in [0.4, 0.5) is 18.9 Å². The second-order valence-corrected chi connectivity index (χ2v) is 4.61. The molecular weight excluding hydrogens is 291 g/mol. The van der Waals surface area contributed by atoms with Gasteiger partial charge in [-0.3, -0.25) is 0 Å². The van der Waals surface area contributed by atoms with Crippen LogP contribution in [0.3, 0.4) is 0 Å². The first-order valence-corrected chi connectivity index (χ1v) is 6.08. The average molecular weight is 302 g/mol. The normalized spacial score (nSPS) is 11.4. The Morgan fingerprint density at radius 2 is 1.85 bits per heavy atom. The van der Waals surface area contributed by atoms with Gasteiger partial charge in [0.25, 0.3) is 0 Å². The van der Waals surface area contributed by atoms with E-state index in [0.717, 1.165) is 12.1 Å². The fraction of sp³-hybridized carbons (Fsp3) is 0.143. The molecule has 2 aromatic rings. The highest BCUT2D eigenvalue weighted by atomic mass is 35.5. The van der Waals surface area contributed by atoms with Crippen LogP contribution in [-0.2, 0) is 12.8 Å². The van der Waals surface area contributed by atoms with Crippen molar-refractivity contribution in [2.75, 3.05) is 5.73 Å². The Bertz CT molecular complexity index is 614. The van der Waals surface area contributed by atoms with Crippen LogP contribution in [0.1, 0.15) is 11.1 Å². The Hall–Kier alpha value is -1.88. The lowest BCUT2D eigenvalue weighted by molar-refractivity contribution is -0.137. The minimum atomic E-state index is -4.37. The molecule has 106 valence electrons. The SMILES string of the molecule is Nc1ccc(Cl)cc1OCc1cccc(C(F)(F)F)c1. The lowest BCUT2D eigenvalue weighted by atomic mass is 10.1. The minimum absolute atomic E-state index is 0.0194. The van der Waals surface area contributed by atoms with E-state index in [0.29, 0.717) is 22.0 Å². The van der Waals surface area contributed by atoms with Gasteiger partial charge in [-0.2, -0.15) is 13.2 Å². The minimum Gasteiger partial charge on any atom is -0.487 e. The summed E-state index contributed by atoms with van der Waals surface area (Å²) < 4.78 is 43.1. The van der Waals surface area contributed by atoms with Gasteiger partial charge in [0.2, 0.25) is 0 Å². The topological polar surface area (TPSA) is 35.2 Å². The number of anilines is 1. The molecule has 6 heteroatoms. The van der Waals surface area contributed by atoms with Crippen molar-refractivity contribution >= 4 is 17.3 Å². The lowest BCUT2D eigenvalue weighted by Crippen LogP contribution is -2.06. The van der Waals surface area contributed by atoms with Gasteiger partial charge in [-0.1, -0.05) is 23.7 Å². The van der Waals surface area contributed by atoms with Gasteiger partial charge in [0, 0.05) is 11.1 Å². The highest BCUT2D eigenvalue weighted by Gasteiger charge is 2.30. The van der Waals surface area contributed by atoms with E-state index in [1.54, 1.807) is 18.2 Å². The van der Waals surface area contributed by atoms with E-state index in [-0.39, 0.29) is 6.61 Å². The van der Waals surface area contributed by atoms with Gasteiger partial charge in [-0.15, -0.1) is 0 Å². The van der Waals surface area contributed by atoms with Gasteiger partial charge in [-0.25, -0.2) is 0 Å². The predicted molar refractivity (Wildman–Crippen MR) is 71.6 cm³/mol. The molecule has 2 nitrogen and oxygen atoms in total. The van der Waals surface area contributed by atoms with Crippen molar-refractivity contribution in [3.8, 4) is 5.75 Å². The summed E-state index contributed by atoms with van der Waals surface area (Å²) in [7, 11) is 0. The molecule has 0 saturated heterocycles. The highest BCUT2D eigenvalue weighted by molar-refractivity contribution is 6.30. The molecule has 0 aliphatic rings. The summed E-state index contributed by atoms with van der Waals surface area (Å²) in [6.45, 7) is -0.0194. The van der Waals surface area contributed by atoms with Gasteiger partial charge in [-0.05, 0) is 29.8 Å². The summed E-state index contributed by atoms with van der Waals surface area (Å²) in [4.78, 5) is 0. The number of ether oxygens (including phenoxy) is 1. The number of benzene rings is 2. The Labute approximate surface area is 118 Å².